The zero-order valence-corrected chi connectivity index (χ0v) is 35.4. The van der Waals surface area contributed by atoms with Crippen LogP contribution >= 0.6 is 0 Å². The first-order valence-electron chi connectivity index (χ1n) is 19.0. The third-order valence-corrected chi connectivity index (χ3v) is 11.2. The molecule has 0 aliphatic heterocycles. The third kappa shape index (κ3) is 5.49. The van der Waals surface area contributed by atoms with Gasteiger partial charge in [-0.3, -0.25) is 0 Å². The zero-order chi connectivity index (χ0) is 42.2. The Morgan fingerprint density at radius 2 is 1.05 bits per heavy atom. The second kappa shape index (κ2) is 14.1. The number of fused-ring (bicyclic) bond motifs is 4. The standard InChI is InChI=1S/C47H50N10O/c1-51-29(24-48)39-43(34-25-16-14-18-30(52(2)3)35(25)45(56(10)11)36-26(34)17-15-19-31(36)53(4)5)47(58)44(39)42-37-27(49)20-22-32(54(6)7)40(37)46(57(12)13)41-33(55(8)9)23-21-28(50)38(41)42/h14-23H,49-50H2,2-13H3/b39-29+. The Labute approximate surface area is 341 Å². The first-order valence-corrected chi connectivity index (χ1v) is 19.0. The Hall–Kier alpha value is -7.11. The molecule has 11 heteroatoms. The summed E-state index contributed by atoms with van der Waals surface area (Å²) in [5, 5.41) is 29.5. The molecule has 0 saturated heterocycles. The second-order valence-corrected chi connectivity index (χ2v) is 16.1. The Morgan fingerprint density at radius 3 is 1.41 bits per heavy atom. The van der Waals surface area contributed by atoms with Crippen LogP contribution in [0.15, 0.2) is 83.3 Å². The molecule has 0 fully saturated rings. The number of nitriles is 1. The van der Waals surface area contributed by atoms with Crippen molar-refractivity contribution in [1.82, 2.24) is 0 Å². The van der Waals surface area contributed by atoms with Crippen LogP contribution in [0.2, 0.25) is 0 Å². The lowest BCUT2D eigenvalue weighted by molar-refractivity contribution is -0.463. The van der Waals surface area contributed by atoms with Crippen LogP contribution in [0.5, 0.6) is 0 Å². The van der Waals surface area contributed by atoms with E-state index in [-0.39, 0.29) is 22.6 Å². The Bertz CT molecular complexity index is 2680. The highest BCUT2D eigenvalue weighted by Crippen LogP contribution is 2.59. The average Bonchev–Trinajstić information content (AvgIpc) is 3.16. The molecular weight excluding hydrogens is 721 g/mol. The van der Waals surface area contributed by atoms with Crippen molar-refractivity contribution in [3.05, 3.63) is 123 Å². The fourth-order valence-corrected chi connectivity index (χ4v) is 8.92. The molecule has 0 amide bonds. The van der Waals surface area contributed by atoms with Gasteiger partial charge < -0.3 is 41.1 Å². The molecule has 5 aromatic carbocycles. The molecule has 0 heterocycles. The molecule has 5 aromatic rings. The van der Waals surface area contributed by atoms with Gasteiger partial charge in [-0.05, 0) is 64.2 Å². The Balaban J connectivity index is 1.81. The summed E-state index contributed by atoms with van der Waals surface area (Å²) >= 11 is 0. The van der Waals surface area contributed by atoms with Crippen LogP contribution in [-0.4, -0.2) is 94.9 Å². The quantitative estimate of drug-likeness (QED) is 0.0671. The molecule has 0 radical (unpaired) electrons. The summed E-state index contributed by atoms with van der Waals surface area (Å²) in [7, 11) is 24.0. The summed E-state index contributed by atoms with van der Waals surface area (Å²) in [4.78, 5) is 14.1. The van der Waals surface area contributed by atoms with Crippen LogP contribution in [0, 0.1) is 17.9 Å². The van der Waals surface area contributed by atoms with Crippen molar-refractivity contribution in [1.29, 1.82) is 5.26 Å². The molecule has 58 heavy (non-hydrogen) atoms. The van der Waals surface area contributed by atoms with E-state index in [4.69, 9.17) is 18.0 Å². The normalized spacial score (nSPS) is 14.1. The average molecular weight is 771 g/mol. The third-order valence-electron chi connectivity index (χ3n) is 11.2. The number of allylic oxidation sites excluding steroid dienone is 3. The molecule has 0 bridgehead atoms. The molecule has 0 aromatic heterocycles. The molecule has 0 atom stereocenters. The van der Waals surface area contributed by atoms with Gasteiger partial charge in [-0.1, -0.05) is 30.0 Å². The molecular formula is C47H50N10O. The van der Waals surface area contributed by atoms with E-state index in [1.54, 1.807) is 0 Å². The topological polar surface area (TPSA) is 122 Å². The van der Waals surface area contributed by atoms with E-state index in [2.05, 4.69) is 42.3 Å². The van der Waals surface area contributed by atoms with Crippen LogP contribution < -0.4 is 41.1 Å². The van der Waals surface area contributed by atoms with Crippen LogP contribution in [0.4, 0.5) is 39.8 Å². The largest absolute Gasteiger partial charge is 0.872 e. The number of nitrogen functional groups attached to an aromatic ring is 2. The maximum Gasteiger partial charge on any atom is 0.270 e. The number of hydrogen-bond donors (Lipinski definition) is 2. The minimum absolute atomic E-state index is 0.183. The van der Waals surface area contributed by atoms with Crippen molar-refractivity contribution in [2.45, 2.75) is 0 Å². The molecule has 0 saturated carbocycles. The zero-order valence-electron chi connectivity index (χ0n) is 35.4. The maximum absolute atomic E-state index is 15.8. The SMILES string of the molecule is [C-]#[N+]/C(C#N)=C1\C(=C2c3cccc(N(C)C)c3C(=[N+](C)C)c3c2cccc3N(C)C)C([O-])=C1c1c2c(N)ccc(N(C)C)c2c(N(C)C)c2c(N(C)C)ccc(N)c12. The van der Waals surface area contributed by atoms with Gasteiger partial charge in [0.1, 0.15) is 14.1 Å². The van der Waals surface area contributed by atoms with Gasteiger partial charge in [0.2, 0.25) is 5.71 Å². The molecule has 0 spiro atoms. The summed E-state index contributed by atoms with van der Waals surface area (Å²) < 4.78 is 2.12. The van der Waals surface area contributed by atoms with Crippen molar-refractivity contribution < 1.29 is 9.68 Å². The highest BCUT2D eigenvalue weighted by Gasteiger charge is 2.41. The summed E-state index contributed by atoms with van der Waals surface area (Å²) in [5.74, 6) is -0.290. The molecule has 7 rings (SSSR count). The lowest BCUT2D eigenvalue weighted by atomic mass is 9.68. The van der Waals surface area contributed by atoms with Gasteiger partial charge in [0.25, 0.3) is 5.70 Å². The fraction of sp³-hybridized carbons (Fsp3) is 0.255. The van der Waals surface area contributed by atoms with Gasteiger partial charge in [0, 0.05) is 126 Å². The van der Waals surface area contributed by atoms with E-state index in [1.807, 2.05) is 143 Å². The second-order valence-electron chi connectivity index (χ2n) is 16.1. The predicted molar refractivity (Wildman–Crippen MR) is 242 cm³/mol. The van der Waals surface area contributed by atoms with Gasteiger partial charge in [-0.15, -0.1) is 0 Å². The Morgan fingerprint density at radius 1 is 0.603 bits per heavy atom. The first-order chi connectivity index (χ1) is 27.5. The van der Waals surface area contributed by atoms with Gasteiger partial charge >= 0.3 is 0 Å². The Kier molecular flexibility index (Phi) is 9.53. The summed E-state index contributed by atoms with van der Waals surface area (Å²) in [5.41, 5.74) is 26.0. The minimum atomic E-state index is -0.290. The van der Waals surface area contributed by atoms with E-state index in [0.717, 1.165) is 67.2 Å². The van der Waals surface area contributed by atoms with E-state index in [0.29, 0.717) is 38.9 Å². The molecule has 11 nitrogen and oxygen atoms in total. The van der Waals surface area contributed by atoms with Gasteiger partial charge in [0.05, 0.1) is 40.8 Å². The highest BCUT2D eigenvalue weighted by molar-refractivity contribution is 6.32. The highest BCUT2D eigenvalue weighted by atomic mass is 16.3. The van der Waals surface area contributed by atoms with Crippen molar-refractivity contribution in [2.75, 3.05) is 121 Å². The van der Waals surface area contributed by atoms with Gasteiger partial charge in [-0.25, -0.2) is 14.7 Å². The molecule has 4 N–H and O–H groups in total. The van der Waals surface area contributed by atoms with Crippen LogP contribution in [0.1, 0.15) is 27.8 Å². The molecule has 2 aliphatic rings. The number of rotatable bonds is 6. The summed E-state index contributed by atoms with van der Waals surface area (Å²) in [6.45, 7) is 8.39. The molecule has 2 aliphatic carbocycles. The van der Waals surface area contributed by atoms with Crippen LogP contribution in [0.3, 0.4) is 0 Å². The van der Waals surface area contributed by atoms with Crippen molar-refractivity contribution >= 4 is 78.2 Å². The smallest absolute Gasteiger partial charge is 0.270 e. The van der Waals surface area contributed by atoms with E-state index in [9.17, 15) is 5.26 Å². The number of nitrogens with two attached hydrogens (primary N) is 2. The molecule has 294 valence electrons. The van der Waals surface area contributed by atoms with Crippen molar-refractivity contribution in [2.24, 2.45) is 0 Å². The number of anilines is 7. The monoisotopic (exact) mass is 770 g/mol. The van der Waals surface area contributed by atoms with E-state index >= 15 is 5.11 Å². The van der Waals surface area contributed by atoms with E-state index < -0.39 is 0 Å². The summed E-state index contributed by atoms with van der Waals surface area (Å²) in [6, 6.07) is 22.1. The molecule has 0 unspecified atom stereocenters. The lowest BCUT2D eigenvalue weighted by Crippen LogP contribution is -2.31. The van der Waals surface area contributed by atoms with Gasteiger partial charge in [-0.2, -0.15) is 0 Å². The minimum Gasteiger partial charge on any atom is -0.872 e. The van der Waals surface area contributed by atoms with Crippen LogP contribution in [0.25, 0.3) is 37.5 Å². The number of hydrogen-bond acceptors (Lipinski definition) is 9. The summed E-state index contributed by atoms with van der Waals surface area (Å²) in [6.07, 6.45) is 0. The maximum atomic E-state index is 15.8. The number of benzene rings is 5. The van der Waals surface area contributed by atoms with Crippen LogP contribution in [-0.2, 0) is 0 Å². The first kappa shape index (κ1) is 39.1. The van der Waals surface area contributed by atoms with E-state index in [1.165, 1.54) is 0 Å². The number of nitrogens with zero attached hydrogens (tertiary/aromatic N) is 8. The lowest BCUT2D eigenvalue weighted by Gasteiger charge is -2.42. The fourth-order valence-electron chi connectivity index (χ4n) is 8.92. The predicted octanol–water partition coefficient (Wildman–Crippen LogP) is 6.19. The van der Waals surface area contributed by atoms with Crippen molar-refractivity contribution in [3.63, 3.8) is 0 Å². The van der Waals surface area contributed by atoms with Gasteiger partial charge in [0.15, 0.2) is 0 Å². The van der Waals surface area contributed by atoms with Crippen molar-refractivity contribution in [3.8, 4) is 6.07 Å².